The van der Waals surface area contributed by atoms with Crippen molar-refractivity contribution in [2.45, 2.75) is 4.90 Å². The molecule has 2 aromatic rings. The molecular formula is C14H11FN2O3S. The van der Waals surface area contributed by atoms with Gasteiger partial charge in [0.05, 0.1) is 0 Å². The number of halogens is 1. The molecule has 1 aromatic heterocycles. The smallest absolute Gasteiger partial charge is 0.265 e. The van der Waals surface area contributed by atoms with Crippen molar-refractivity contribution in [3.05, 3.63) is 54.0 Å². The Labute approximate surface area is 121 Å². The van der Waals surface area contributed by atoms with Crippen molar-refractivity contribution in [2.75, 3.05) is 11.3 Å². The minimum absolute atomic E-state index is 0.0167. The zero-order chi connectivity index (χ0) is 15.3. The molecule has 1 heterocycles. The Bertz CT molecular complexity index is 810. The molecule has 0 saturated carbocycles. The normalized spacial score (nSPS) is 10.6. The van der Waals surface area contributed by atoms with Crippen molar-refractivity contribution in [3.8, 4) is 11.8 Å². The van der Waals surface area contributed by atoms with Gasteiger partial charge in [-0.1, -0.05) is 24.0 Å². The summed E-state index contributed by atoms with van der Waals surface area (Å²) in [5.41, 5.74) is 0.477. The summed E-state index contributed by atoms with van der Waals surface area (Å²) in [7, 11) is -4.07. The molecule has 0 aliphatic rings. The number of pyridine rings is 1. The molecule has 2 rings (SSSR count). The Kier molecular flexibility index (Phi) is 4.52. The van der Waals surface area contributed by atoms with Crippen LogP contribution in [0, 0.1) is 17.7 Å². The van der Waals surface area contributed by atoms with Gasteiger partial charge in [0.1, 0.15) is 23.1 Å². The van der Waals surface area contributed by atoms with Crippen LogP contribution in [0.25, 0.3) is 0 Å². The van der Waals surface area contributed by atoms with Crippen LogP contribution >= 0.6 is 0 Å². The summed E-state index contributed by atoms with van der Waals surface area (Å²) in [6.07, 6.45) is 1.36. The first-order valence-electron chi connectivity index (χ1n) is 5.86. The average molecular weight is 306 g/mol. The molecule has 108 valence electrons. The van der Waals surface area contributed by atoms with Gasteiger partial charge in [-0.2, -0.15) is 0 Å². The Morgan fingerprint density at radius 1 is 1.29 bits per heavy atom. The quantitative estimate of drug-likeness (QED) is 0.839. The second-order valence-electron chi connectivity index (χ2n) is 3.93. The van der Waals surface area contributed by atoms with E-state index in [1.165, 1.54) is 24.4 Å². The van der Waals surface area contributed by atoms with Gasteiger partial charge in [-0.3, -0.25) is 4.72 Å². The molecule has 0 atom stereocenters. The van der Waals surface area contributed by atoms with E-state index in [1.54, 1.807) is 6.07 Å². The highest BCUT2D eigenvalue weighted by atomic mass is 32.2. The maximum atomic E-state index is 13.5. The number of benzene rings is 1. The molecule has 1 aromatic carbocycles. The van der Waals surface area contributed by atoms with Gasteiger partial charge in [0, 0.05) is 11.8 Å². The van der Waals surface area contributed by atoms with Gasteiger partial charge in [0.15, 0.2) is 0 Å². The second-order valence-corrected chi connectivity index (χ2v) is 5.58. The number of aromatic nitrogens is 1. The van der Waals surface area contributed by atoms with Crippen molar-refractivity contribution >= 4 is 15.8 Å². The molecule has 2 N–H and O–H groups in total. The lowest BCUT2D eigenvalue weighted by Crippen LogP contribution is -2.15. The van der Waals surface area contributed by atoms with Crippen LogP contribution in [0.4, 0.5) is 10.2 Å². The molecule has 0 spiro atoms. The predicted molar refractivity (Wildman–Crippen MR) is 75.4 cm³/mol. The van der Waals surface area contributed by atoms with Crippen LogP contribution in [-0.4, -0.2) is 25.1 Å². The number of aliphatic hydroxyl groups is 1. The van der Waals surface area contributed by atoms with Crippen LogP contribution in [0.3, 0.4) is 0 Å². The van der Waals surface area contributed by atoms with Crippen LogP contribution in [0.2, 0.25) is 0 Å². The summed E-state index contributed by atoms with van der Waals surface area (Å²) in [5, 5.41) is 8.62. The first kappa shape index (κ1) is 15.0. The lowest BCUT2D eigenvalue weighted by molar-refractivity contribution is 0.350. The minimum atomic E-state index is -4.07. The summed E-state index contributed by atoms with van der Waals surface area (Å²) in [6, 6.07) is 7.99. The maximum Gasteiger partial charge on any atom is 0.265 e. The molecule has 0 amide bonds. The van der Waals surface area contributed by atoms with E-state index in [9.17, 15) is 12.8 Å². The van der Waals surface area contributed by atoms with E-state index < -0.39 is 20.7 Å². The average Bonchev–Trinajstić information content (AvgIpc) is 2.45. The third-order valence-electron chi connectivity index (χ3n) is 2.44. The van der Waals surface area contributed by atoms with Gasteiger partial charge in [-0.05, 0) is 24.3 Å². The van der Waals surface area contributed by atoms with Gasteiger partial charge in [-0.15, -0.1) is 0 Å². The molecule has 0 fully saturated rings. The monoisotopic (exact) mass is 306 g/mol. The first-order valence-corrected chi connectivity index (χ1v) is 7.34. The summed E-state index contributed by atoms with van der Waals surface area (Å²) >= 11 is 0. The molecule has 0 aliphatic carbocycles. The molecular weight excluding hydrogens is 295 g/mol. The molecule has 7 heteroatoms. The summed E-state index contributed by atoms with van der Waals surface area (Å²) in [4.78, 5) is 3.39. The molecule has 0 bridgehead atoms. The van der Waals surface area contributed by atoms with Crippen LogP contribution in [-0.2, 0) is 10.0 Å². The van der Waals surface area contributed by atoms with Gasteiger partial charge < -0.3 is 5.11 Å². The Morgan fingerprint density at radius 3 is 2.76 bits per heavy atom. The van der Waals surface area contributed by atoms with Crippen molar-refractivity contribution in [2.24, 2.45) is 0 Å². The van der Waals surface area contributed by atoms with E-state index in [2.05, 4.69) is 21.5 Å². The molecule has 0 radical (unpaired) electrons. The molecule has 21 heavy (non-hydrogen) atoms. The number of nitrogens with one attached hydrogen (secondary N) is 1. The number of hydrogen-bond donors (Lipinski definition) is 2. The molecule has 5 nitrogen and oxygen atoms in total. The summed E-state index contributed by atoms with van der Waals surface area (Å²) < 4.78 is 39.9. The van der Waals surface area contributed by atoms with Gasteiger partial charge >= 0.3 is 0 Å². The second kappa shape index (κ2) is 6.35. The standard InChI is InChI=1S/C14H11FN2O3S/c15-12-5-1-2-6-13(12)21(19,20)17-14-10-11(4-3-9-18)7-8-16-14/h1-2,5-8,10,18H,9H2,(H,16,17). The lowest BCUT2D eigenvalue weighted by Gasteiger charge is -2.08. The van der Waals surface area contributed by atoms with E-state index in [1.807, 2.05) is 0 Å². The van der Waals surface area contributed by atoms with Crippen LogP contribution in [0.5, 0.6) is 0 Å². The third kappa shape index (κ3) is 3.78. The molecule has 0 aliphatic heterocycles. The maximum absolute atomic E-state index is 13.5. The Balaban J connectivity index is 2.31. The number of aliphatic hydroxyl groups excluding tert-OH is 1. The SMILES string of the molecule is O=S(=O)(Nc1cc(C#CCO)ccn1)c1ccccc1F. The minimum Gasteiger partial charge on any atom is -0.384 e. The van der Waals surface area contributed by atoms with Crippen LogP contribution in [0.15, 0.2) is 47.5 Å². The first-order chi connectivity index (χ1) is 10.0. The number of rotatable bonds is 3. The number of nitrogens with zero attached hydrogens (tertiary/aromatic N) is 1. The fourth-order valence-electron chi connectivity index (χ4n) is 1.56. The fraction of sp³-hybridized carbons (Fsp3) is 0.0714. The Morgan fingerprint density at radius 2 is 2.05 bits per heavy atom. The Hall–Kier alpha value is -2.43. The summed E-state index contributed by atoms with van der Waals surface area (Å²) in [5.74, 6) is 4.23. The lowest BCUT2D eigenvalue weighted by atomic mass is 10.2. The van der Waals surface area contributed by atoms with Crippen molar-refractivity contribution in [1.82, 2.24) is 4.98 Å². The highest BCUT2D eigenvalue weighted by molar-refractivity contribution is 7.92. The molecule has 0 saturated heterocycles. The zero-order valence-corrected chi connectivity index (χ0v) is 11.6. The van der Waals surface area contributed by atoms with Gasteiger partial charge in [0.2, 0.25) is 0 Å². The number of hydrogen-bond acceptors (Lipinski definition) is 4. The highest BCUT2D eigenvalue weighted by Gasteiger charge is 2.18. The fourth-order valence-corrected chi connectivity index (χ4v) is 2.64. The van der Waals surface area contributed by atoms with Crippen LogP contribution < -0.4 is 4.72 Å². The number of sulfonamides is 1. The van der Waals surface area contributed by atoms with Crippen molar-refractivity contribution < 1.29 is 17.9 Å². The van der Waals surface area contributed by atoms with E-state index in [4.69, 9.17) is 5.11 Å². The molecule has 0 unspecified atom stereocenters. The van der Waals surface area contributed by atoms with Gasteiger partial charge in [0.25, 0.3) is 10.0 Å². The topological polar surface area (TPSA) is 79.3 Å². The van der Waals surface area contributed by atoms with Crippen molar-refractivity contribution in [3.63, 3.8) is 0 Å². The third-order valence-corrected chi connectivity index (χ3v) is 3.82. The summed E-state index contributed by atoms with van der Waals surface area (Å²) in [6.45, 7) is -0.307. The van der Waals surface area contributed by atoms with Gasteiger partial charge in [-0.25, -0.2) is 17.8 Å². The highest BCUT2D eigenvalue weighted by Crippen LogP contribution is 2.17. The van der Waals surface area contributed by atoms with Crippen LogP contribution in [0.1, 0.15) is 5.56 Å². The largest absolute Gasteiger partial charge is 0.384 e. The van der Waals surface area contributed by atoms with E-state index in [0.29, 0.717) is 5.56 Å². The number of anilines is 1. The van der Waals surface area contributed by atoms with E-state index >= 15 is 0 Å². The zero-order valence-electron chi connectivity index (χ0n) is 10.7. The van der Waals surface area contributed by atoms with E-state index in [0.717, 1.165) is 12.1 Å². The van der Waals surface area contributed by atoms with E-state index in [-0.39, 0.29) is 12.4 Å². The van der Waals surface area contributed by atoms with Crippen molar-refractivity contribution in [1.29, 1.82) is 0 Å². The predicted octanol–water partition coefficient (Wildman–Crippen LogP) is 1.37.